The highest BCUT2D eigenvalue weighted by Crippen LogP contribution is 2.39. The molecule has 11 heteroatoms. The third kappa shape index (κ3) is 3.34. The molecule has 1 atom stereocenters. The number of amides is 1. The van der Waals surface area contributed by atoms with Crippen LogP contribution in [-0.2, 0) is 19.1 Å². The zero-order valence-corrected chi connectivity index (χ0v) is 15.2. The zero-order chi connectivity index (χ0) is 19.3. The van der Waals surface area contributed by atoms with E-state index in [-0.39, 0.29) is 17.8 Å². The van der Waals surface area contributed by atoms with Gasteiger partial charge in [0, 0.05) is 23.2 Å². The highest BCUT2D eigenvalue weighted by atomic mass is 32.2. The van der Waals surface area contributed by atoms with E-state index in [2.05, 4.69) is 14.5 Å². The van der Waals surface area contributed by atoms with Crippen molar-refractivity contribution in [1.82, 2.24) is 10.2 Å². The Morgan fingerprint density at radius 1 is 1.31 bits per heavy atom. The number of likely N-dealkylation sites (tertiary alicyclic amines) is 1. The topological polar surface area (TPSA) is 88.1 Å². The summed E-state index contributed by atoms with van der Waals surface area (Å²) >= 11 is 0. The minimum Gasteiger partial charge on any atom is -0.346 e. The molecule has 1 aliphatic carbocycles. The molecule has 0 bridgehead atoms. The Labute approximate surface area is 149 Å². The Kier molecular flexibility index (Phi) is 4.58. The molecule has 0 aromatic heterocycles. The van der Waals surface area contributed by atoms with Gasteiger partial charge in [0.2, 0.25) is 12.3 Å². The molecule has 26 heavy (non-hydrogen) atoms. The number of hydrogen-bond acceptors (Lipinski definition) is 6. The van der Waals surface area contributed by atoms with E-state index in [1.54, 1.807) is 13.8 Å². The molecule has 146 valence electrons. The van der Waals surface area contributed by atoms with Gasteiger partial charge in [-0.3, -0.25) is 9.69 Å². The second-order valence-corrected chi connectivity index (χ2v) is 8.88. The monoisotopic (exact) mass is 395 g/mol. The number of nitrogens with one attached hydrogen (secondary N) is 1. The number of piperidine rings is 1. The van der Waals surface area contributed by atoms with Gasteiger partial charge in [-0.15, -0.1) is 0 Å². The largest absolute Gasteiger partial charge is 0.523 e. The summed E-state index contributed by atoms with van der Waals surface area (Å²) in [6.07, 6.45) is 3.40. The van der Waals surface area contributed by atoms with Crippen molar-refractivity contribution in [2.75, 3.05) is 0 Å². The number of fused-ring (bicyclic) bond motifs is 1. The van der Waals surface area contributed by atoms with Crippen molar-refractivity contribution in [2.45, 2.75) is 63.9 Å². The van der Waals surface area contributed by atoms with Crippen LogP contribution in [0, 0.1) is 5.41 Å². The summed E-state index contributed by atoms with van der Waals surface area (Å²) in [6.45, 7) is 3.59. The van der Waals surface area contributed by atoms with Crippen molar-refractivity contribution in [2.24, 2.45) is 10.4 Å². The van der Waals surface area contributed by atoms with Gasteiger partial charge in [-0.05, 0) is 19.3 Å². The smallest absolute Gasteiger partial charge is 0.346 e. The van der Waals surface area contributed by atoms with Crippen LogP contribution in [-0.4, -0.2) is 43.0 Å². The average molecular weight is 395 g/mol. The van der Waals surface area contributed by atoms with Crippen LogP contribution in [0.1, 0.15) is 46.0 Å². The van der Waals surface area contributed by atoms with Crippen LogP contribution in [0.15, 0.2) is 16.8 Å². The lowest BCUT2D eigenvalue weighted by Crippen LogP contribution is -2.56. The van der Waals surface area contributed by atoms with Crippen LogP contribution in [0.4, 0.5) is 13.2 Å². The Hall–Kier alpha value is -1.62. The lowest BCUT2D eigenvalue weighted by molar-refractivity contribution is -0.139. The minimum absolute atomic E-state index is 0.0952. The van der Waals surface area contributed by atoms with Crippen LogP contribution in [0.25, 0.3) is 0 Å². The van der Waals surface area contributed by atoms with Gasteiger partial charge in [-0.2, -0.15) is 21.6 Å². The first-order valence-corrected chi connectivity index (χ1v) is 9.70. The van der Waals surface area contributed by atoms with Crippen LogP contribution in [0.2, 0.25) is 0 Å². The highest BCUT2D eigenvalue weighted by Gasteiger charge is 2.50. The lowest BCUT2D eigenvalue weighted by atomic mass is 9.79. The highest BCUT2D eigenvalue weighted by molar-refractivity contribution is 7.87. The zero-order valence-electron chi connectivity index (χ0n) is 14.3. The minimum atomic E-state index is -5.81. The number of carbonyl (C=O) groups is 1. The summed E-state index contributed by atoms with van der Waals surface area (Å²) in [6, 6.07) is -0.0952. The predicted molar refractivity (Wildman–Crippen MR) is 86.0 cm³/mol. The Morgan fingerprint density at radius 2 is 1.92 bits per heavy atom. The number of alkyl halides is 3. The number of halogens is 3. The molecular weight excluding hydrogens is 375 g/mol. The molecule has 1 saturated heterocycles. The SMILES string of the molecule is CC1(C)CC2=CNC(OS(=O)(=O)C(F)(F)F)N=C2N(C2CCCC2)C1=O. The van der Waals surface area contributed by atoms with Gasteiger partial charge in [0.05, 0.1) is 0 Å². The van der Waals surface area contributed by atoms with Crippen LogP contribution in [0.5, 0.6) is 0 Å². The maximum Gasteiger partial charge on any atom is 0.523 e. The molecule has 3 aliphatic rings. The molecule has 2 heterocycles. The first-order chi connectivity index (χ1) is 11.9. The fourth-order valence-corrected chi connectivity index (χ4v) is 3.96. The standard InChI is InChI=1S/C15H20F3N3O4S/c1-14(2)7-9-8-19-13(25-26(23,24)15(16,17)18)20-11(9)21(12(14)22)10-5-3-4-6-10/h8,10,13,19H,3-7H2,1-2H3. The van der Waals surface area contributed by atoms with E-state index in [0.29, 0.717) is 12.0 Å². The van der Waals surface area contributed by atoms with Crippen molar-refractivity contribution in [3.63, 3.8) is 0 Å². The van der Waals surface area contributed by atoms with Crippen LogP contribution < -0.4 is 5.32 Å². The fourth-order valence-electron chi connectivity index (χ4n) is 3.51. The maximum atomic E-state index is 12.9. The summed E-state index contributed by atoms with van der Waals surface area (Å²) in [7, 11) is -5.81. The summed E-state index contributed by atoms with van der Waals surface area (Å²) in [4.78, 5) is 18.4. The molecule has 7 nitrogen and oxygen atoms in total. The predicted octanol–water partition coefficient (Wildman–Crippen LogP) is 2.22. The first-order valence-electron chi connectivity index (χ1n) is 8.29. The number of aliphatic imine (C=N–C) groups is 1. The van der Waals surface area contributed by atoms with E-state index in [4.69, 9.17) is 0 Å². The second-order valence-electron chi connectivity index (χ2n) is 7.31. The van der Waals surface area contributed by atoms with Crippen LogP contribution in [0.3, 0.4) is 0 Å². The summed E-state index contributed by atoms with van der Waals surface area (Å²) < 4.78 is 64.2. The Morgan fingerprint density at radius 3 is 2.50 bits per heavy atom. The van der Waals surface area contributed by atoms with Crippen molar-refractivity contribution < 1.29 is 30.6 Å². The number of amidine groups is 1. The number of carbonyl (C=O) groups excluding carboxylic acids is 1. The van der Waals surface area contributed by atoms with Gasteiger partial charge in [0.1, 0.15) is 5.84 Å². The fraction of sp³-hybridized carbons (Fsp3) is 0.733. The molecule has 0 aromatic rings. The quantitative estimate of drug-likeness (QED) is 0.585. The molecule has 1 amide bonds. The van der Waals surface area contributed by atoms with Gasteiger partial charge >= 0.3 is 15.6 Å². The second kappa shape index (κ2) is 6.22. The van der Waals surface area contributed by atoms with Crippen molar-refractivity contribution in [3.8, 4) is 0 Å². The van der Waals surface area contributed by atoms with Gasteiger partial charge in [0.25, 0.3) is 0 Å². The van der Waals surface area contributed by atoms with Crippen molar-refractivity contribution in [3.05, 3.63) is 11.8 Å². The molecule has 1 N–H and O–H groups in total. The van der Waals surface area contributed by atoms with Crippen LogP contribution >= 0.6 is 0 Å². The van der Waals surface area contributed by atoms with E-state index < -0.39 is 27.4 Å². The molecule has 3 rings (SSSR count). The van der Waals surface area contributed by atoms with E-state index in [0.717, 1.165) is 25.7 Å². The number of rotatable bonds is 3. The average Bonchev–Trinajstić information content (AvgIpc) is 3.01. The Balaban J connectivity index is 1.93. The normalized spacial score (nSPS) is 26.9. The molecule has 2 aliphatic heterocycles. The van der Waals surface area contributed by atoms with Gasteiger partial charge in [-0.1, -0.05) is 26.7 Å². The lowest BCUT2D eigenvalue weighted by Gasteiger charge is -2.43. The van der Waals surface area contributed by atoms with E-state index >= 15 is 0 Å². The Bertz CT molecular complexity index is 767. The molecule has 0 aromatic carbocycles. The first kappa shape index (κ1) is 19.2. The van der Waals surface area contributed by atoms with E-state index in [1.807, 2.05) is 0 Å². The number of nitrogens with zero attached hydrogens (tertiary/aromatic N) is 2. The van der Waals surface area contributed by atoms with Crippen molar-refractivity contribution in [1.29, 1.82) is 0 Å². The number of hydrogen-bond donors (Lipinski definition) is 1. The molecule has 1 unspecified atom stereocenters. The van der Waals surface area contributed by atoms with E-state index in [1.165, 1.54) is 11.1 Å². The van der Waals surface area contributed by atoms with Crippen molar-refractivity contribution >= 4 is 21.9 Å². The van der Waals surface area contributed by atoms with Gasteiger partial charge in [-0.25, -0.2) is 9.18 Å². The summed E-state index contributed by atoms with van der Waals surface area (Å²) in [5.74, 6) is 0.0296. The van der Waals surface area contributed by atoms with Gasteiger partial charge < -0.3 is 5.32 Å². The van der Waals surface area contributed by atoms with Gasteiger partial charge in [0.15, 0.2) is 0 Å². The molecule has 0 radical (unpaired) electrons. The summed E-state index contributed by atoms with van der Waals surface area (Å²) in [5, 5.41) is 2.42. The third-order valence-corrected chi connectivity index (χ3v) is 5.78. The molecule has 2 fully saturated rings. The summed E-state index contributed by atoms with van der Waals surface area (Å²) in [5.41, 5.74) is -5.58. The molecule has 0 spiro atoms. The van der Waals surface area contributed by atoms with E-state index in [9.17, 15) is 26.4 Å². The maximum absolute atomic E-state index is 12.9. The third-order valence-electron chi connectivity index (χ3n) is 4.78. The molecular formula is C15H20F3N3O4S. The molecule has 1 saturated carbocycles.